The van der Waals surface area contributed by atoms with E-state index < -0.39 is 5.54 Å². The van der Waals surface area contributed by atoms with E-state index in [0.29, 0.717) is 18.2 Å². The van der Waals surface area contributed by atoms with E-state index in [1.807, 2.05) is 6.92 Å². The highest BCUT2D eigenvalue weighted by atomic mass is 16.5. The number of nitrogens with zero attached hydrogens (tertiary/aromatic N) is 2. The van der Waals surface area contributed by atoms with E-state index in [1.165, 1.54) is 12.8 Å². The lowest BCUT2D eigenvalue weighted by atomic mass is 9.94. The largest absolute Gasteiger partial charge is 0.351 e. The molecular weight excluding hydrogens is 196 g/mol. The van der Waals surface area contributed by atoms with Crippen molar-refractivity contribution in [3.63, 3.8) is 0 Å². The van der Waals surface area contributed by atoms with Crippen LogP contribution in [-0.4, -0.2) is 16.6 Å². The highest BCUT2D eigenvalue weighted by molar-refractivity contribution is 5.48. The molecule has 3 N–H and O–H groups in total. The van der Waals surface area contributed by atoms with Crippen LogP contribution in [0.5, 0.6) is 0 Å². The number of hydrogen-bond donors (Lipinski definition) is 2. The summed E-state index contributed by atoms with van der Waals surface area (Å²) in [4.78, 5) is 14.5. The molecule has 1 aliphatic carbocycles. The fourth-order valence-corrected chi connectivity index (χ4v) is 1.70. The Labute approximate surface area is 87.2 Å². The molecule has 1 aromatic heterocycles. The van der Waals surface area contributed by atoms with Crippen molar-refractivity contribution in [1.29, 1.82) is 0 Å². The molecule has 0 bridgehead atoms. The number of carbonyl (C=O) groups excluding carboxylic acids is 1. The van der Waals surface area contributed by atoms with Gasteiger partial charge in [-0.15, -0.1) is 0 Å². The van der Waals surface area contributed by atoms with Crippen molar-refractivity contribution in [1.82, 2.24) is 15.5 Å². The van der Waals surface area contributed by atoms with E-state index in [1.54, 1.807) is 0 Å². The summed E-state index contributed by atoms with van der Waals surface area (Å²) in [6.45, 7) is 1.88. The monoisotopic (exact) mass is 210 g/mol. The summed E-state index contributed by atoms with van der Waals surface area (Å²) in [7, 11) is 0. The van der Waals surface area contributed by atoms with Crippen LogP contribution in [0.25, 0.3) is 0 Å². The van der Waals surface area contributed by atoms with Gasteiger partial charge in [0.25, 0.3) is 0 Å². The van der Waals surface area contributed by atoms with Crippen LogP contribution < -0.4 is 11.1 Å². The van der Waals surface area contributed by atoms with Crippen molar-refractivity contribution in [2.24, 2.45) is 5.92 Å². The van der Waals surface area contributed by atoms with Crippen molar-refractivity contribution in [2.45, 2.75) is 31.7 Å². The minimum Gasteiger partial charge on any atom is -0.351 e. The second-order valence-electron chi connectivity index (χ2n) is 4.20. The molecule has 1 unspecified atom stereocenters. The van der Waals surface area contributed by atoms with Gasteiger partial charge in [0.1, 0.15) is 5.54 Å². The van der Waals surface area contributed by atoms with E-state index in [4.69, 9.17) is 10.3 Å². The van der Waals surface area contributed by atoms with Crippen molar-refractivity contribution in [2.75, 3.05) is 5.73 Å². The summed E-state index contributed by atoms with van der Waals surface area (Å²) < 4.78 is 4.72. The lowest BCUT2D eigenvalue weighted by Crippen LogP contribution is -2.40. The maximum Gasteiger partial charge on any atom is 0.318 e. The number of aromatic nitrogens is 2. The van der Waals surface area contributed by atoms with Crippen LogP contribution in [0.3, 0.4) is 0 Å². The third-order valence-corrected chi connectivity index (χ3v) is 2.71. The molecule has 0 spiro atoms. The summed E-state index contributed by atoms with van der Waals surface area (Å²) >= 11 is 0. The van der Waals surface area contributed by atoms with Crippen LogP contribution in [0, 0.1) is 5.92 Å². The van der Waals surface area contributed by atoms with Crippen molar-refractivity contribution < 1.29 is 9.32 Å². The topological polar surface area (TPSA) is 94.0 Å². The fraction of sp³-hybridized carbons (Fsp3) is 0.667. The third-order valence-electron chi connectivity index (χ3n) is 2.71. The first-order valence-electron chi connectivity index (χ1n) is 4.95. The molecule has 82 valence electrons. The van der Waals surface area contributed by atoms with E-state index >= 15 is 0 Å². The zero-order valence-electron chi connectivity index (χ0n) is 8.56. The number of nitrogen functional groups attached to an aromatic ring is 1. The van der Waals surface area contributed by atoms with Crippen LogP contribution in [0.1, 0.15) is 32.0 Å². The number of nitrogens with one attached hydrogen (secondary N) is 1. The summed E-state index contributed by atoms with van der Waals surface area (Å²) in [5, 5.41) is 6.49. The van der Waals surface area contributed by atoms with Gasteiger partial charge >= 0.3 is 6.01 Å². The molecule has 0 radical (unpaired) electrons. The highest BCUT2D eigenvalue weighted by Crippen LogP contribution is 2.39. The van der Waals surface area contributed by atoms with Crippen molar-refractivity contribution >= 4 is 12.4 Å². The van der Waals surface area contributed by atoms with Crippen molar-refractivity contribution in [3.8, 4) is 0 Å². The summed E-state index contributed by atoms with van der Waals surface area (Å²) in [5.74, 6) is 1.08. The van der Waals surface area contributed by atoms with Crippen LogP contribution in [0.4, 0.5) is 6.01 Å². The molecule has 0 saturated heterocycles. The van der Waals surface area contributed by atoms with Gasteiger partial charge in [0.15, 0.2) is 5.82 Å². The van der Waals surface area contributed by atoms with E-state index in [9.17, 15) is 4.79 Å². The molecule has 1 saturated carbocycles. The average molecular weight is 210 g/mol. The molecule has 1 aliphatic rings. The number of carbonyl (C=O) groups is 1. The Kier molecular flexibility index (Phi) is 2.34. The second-order valence-corrected chi connectivity index (χ2v) is 4.20. The fourth-order valence-electron chi connectivity index (χ4n) is 1.70. The second kappa shape index (κ2) is 3.52. The third kappa shape index (κ3) is 2.08. The smallest absolute Gasteiger partial charge is 0.318 e. The molecule has 1 amide bonds. The number of hydrogen-bond acceptors (Lipinski definition) is 5. The van der Waals surface area contributed by atoms with Gasteiger partial charge < -0.3 is 15.6 Å². The average Bonchev–Trinajstić information content (AvgIpc) is 2.85. The van der Waals surface area contributed by atoms with E-state index in [2.05, 4.69) is 15.5 Å². The maximum atomic E-state index is 10.6. The van der Waals surface area contributed by atoms with Crippen molar-refractivity contribution in [3.05, 3.63) is 5.82 Å². The molecule has 1 atom stereocenters. The lowest BCUT2D eigenvalue weighted by Gasteiger charge is -2.24. The van der Waals surface area contributed by atoms with Gasteiger partial charge in [-0.3, -0.25) is 4.79 Å². The Hall–Kier alpha value is -1.59. The first-order valence-corrected chi connectivity index (χ1v) is 4.95. The van der Waals surface area contributed by atoms with E-state index in [-0.39, 0.29) is 6.01 Å². The molecule has 1 heterocycles. The number of anilines is 1. The lowest BCUT2D eigenvalue weighted by molar-refractivity contribution is -0.111. The predicted octanol–water partition coefficient (Wildman–Crippen LogP) is 0.413. The van der Waals surface area contributed by atoms with Gasteiger partial charge in [0, 0.05) is 0 Å². The summed E-state index contributed by atoms with van der Waals surface area (Å²) in [6, 6.07) is 0.0275. The van der Waals surface area contributed by atoms with E-state index in [0.717, 1.165) is 6.42 Å². The molecule has 1 aromatic rings. The molecule has 0 aliphatic heterocycles. The summed E-state index contributed by atoms with van der Waals surface area (Å²) in [5.41, 5.74) is 4.80. The van der Waals surface area contributed by atoms with Crippen LogP contribution in [0.2, 0.25) is 0 Å². The molecule has 6 heteroatoms. The molecular formula is C9H14N4O2. The van der Waals surface area contributed by atoms with Gasteiger partial charge in [-0.05, 0) is 19.3 Å². The quantitative estimate of drug-likeness (QED) is 0.686. The maximum absolute atomic E-state index is 10.6. The van der Waals surface area contributed by atoms with Gasteiger partial charge in [0.2, 0.25) is 6.41 Å². The molecule has 0 aromatic carbocycles. The molecule has 6 nitrogen and oxygen atoms in total. The zero-order valence-corrected chi connectivity index (χ0v) is 8.56. The first-order chi connectivity index (χ1) is 7.14. The predicted molar refractivity (Wildman–Crippen MR) is 52.6 cm³/mol. The number of amides is 1. The van der Waals surface area contributed by atoms with Crippen LogP contribution >= 0.6 is 0 Å². The van der Waals surface area contributed by atoms with Crippen LogP contribution in [0.15, 0.2) is 4.52 Å². The molecule has 15 heavy (non-hydrogen) atoms. The number of nitrogens with two attached hydrogens (primary N) is 1. The normalized spacial score (nSPS) is 19.5. The zero-order chi connectivity index (χ0) is 10.9. The highest BCUT2D eigenvalue weighted by Gasteiger charge is 2.37. The Bertz CT molecular complexity index is 361. The SMILES string of the molecule is CC(CC1CC1)(NC=O)c1noc(N)n1. The molecule has 1 fully saturated rings. The Balaban J connectivity index is 2.19. The Morgan fingerprint density at radius 2 is 2.47 bits per heavy atom. The van der Waals surface area contributed by atoms with Gasteiger partial charge in [-0.25, -0.2) is 0 Å². The standard InChI is InChI=1S/C9H14N4O2/c1-9(11-5-14,4-6-2-3-6)7-12-8(10)15-13-7/h5-6H,2-4H2,1H3,(H,11,14)(H2,10,12,13). The summed E-state index contributed by atoms with van der Waals surface area (Å²) in [6.07, 6.45) is 3.88. The first kappa shape index (κ1) is 9.95. The van der Waals surface area contributed by atoms with Gasteiger partial charge in [-0.2, -0.15) is 4.98 Å². The van der Waals surface area contributed by atoms with Crippen LogP contribution in [-0.2, 0) is 10.3 Å². The minimum atomic E-state index is -0.565. The Morgan fingerprint density at radius 3 is 2.93 bits per heavy atom. The minimum absolute atomic E-state index is 0.0275. The number of rotatable bonds is 5. The van der Waals surface area contributed by atoms with Gasteiger partial charge in [0.05, 0.1) is 0 Å². The molecule has 2 rings (SSSR count). The Morgan fingerprint density at radius 1 is 1.73 bits per heavy atom. The van der Waals surface area contributed by atoms with Gasteiger partial charge in [-0.1, -0.05) is 18.0 Å².